The largest absolute Gasteiger partial charge is 0.352 e. The van der Waals surface area contributed by atoms with Gasteiger partial charge in [0.2, 0.25) is 5.91 Å². The molecule has 1 heterocycles. The standard InChI is InChI=1S/C16H26ClN3O/c1-10(2)14(11(3)4)9-18-15(21)8-7-13-12(5)19-20(6)16(13)17/h7-8,10-11,14H,9H2,1-6H3,(H,18,21)/b8-7+. The lowest BCUT2D eigenvalue weighted by Crippen LogP contribution is -2.32. The predicted octanol–water partition coefficient (Wildman–Crippen LogP) is 3.44. The van der Waals surface area contributed by atoms with Gasteiger partial charge in [-0.05, 0) is 30.8 Å². The van der Waals surface area contributed by atoms with Gasteiger partial charge in [-0.2, -0.15) is 5.10 Å². The van der Waals surface area contributed by atoms with Crippen LogP contribution in [0.4, 0.5) is 0 Å². The number of aryl methyl sites for hydroxylation is 2. The highest BCUT2D eigenvalue weighted by Crippen LogP contribution is 2.20. The van der Waals surface area contributed by atoms with E-state index in [1.54, 1.807) is 17.8 Å². The predicted molar refractivity (Wildman–Crippen MR) is 88.2 cm³/mol. The van der Waals surface area contributed by atoms with E-state index in [9.17, 15) is 4.79 Å². The molecule has 0 saturated carbocycles. The van der Waals surface area contributed by atoms with Gasteiger partial charge in [0, 0.05) is 25.2 Å². The first kappa shape index (κ1) is 17.8. The third kappa shape index (κ3) is 4.88. The first-order chi connectivity index (χ1) is 9.73. The number of amides is 1. The van der Waals surface area contributed by atoms with Gasteiger partial charge in [-0.1, -0.05) is 39.3 Å². The van der Waals surface area contributed by atoms with E-state index in [1.807, 2.05) is 6.92 Å². The molecule has 1 amide bonds. The van der Waals surface area contributed by atoms with Crippen LogP contribution in [-0.4, -0.2) is 22.2 Å². The number of hydrogen-bond acceptors (Lipinski definition) is 2. The first-order valence-corrected chi connectivity index (χ1v) is 7.76. The monoisotopic (exact) mass is 311 g/mol. The Balaban J connectivity index is 2.63. The highest BCUT2D eigenvalue weighted by Gasteiger charge is 2.17. The van der Waals surface area contributed by atoms with Crippen molar-refractivity contribution in [3.63, 3.8) is 0 Å². The Kier molecular flexibility index (Phi) is 6.46. The molecule has 1 N–H and O–H groups in total. The second-order valence-electron chi connectivity index (χ2n) is 6.14. The summed E-state index contributed by atoms with van der Waals surface area (Å²) in [5.74, 6) is 1.47. The topological polar surface area (TPSA) is 46.9 Å². The van der Waals surface area contributed by atoms with Crippen molar-refractivity contribution in [2.24, 2.45) is 24.8 Å². The average Bonchev–Trinajstić information content (AvgIpc) is 2.60. The zero-order valence-electron chi connectivity index (χ0n) is 13.8. The van der Waals surface area contributed by atoms with Crippen molar-refractivity contribution in [3.8, 4) is 0 Å². The Morgan fingerprint density at radius 2 is 1.90 bits per heavy atom. The van der Waals surface area contributed by atoms with E-state index >= 15 is 0 Å². The Morgan fingerprint density at radius 1 is 1.33 bits per heavy atom. The van der Waals surface area contributed by atoms with Crippen LogP contribution < -0.4 is 5.32 Å². The van der Waals surface area contributed by atoms with Crippen LogP contribution in [0, 0.1) is 24.7 Å². The van der Waals surface area contributed by atoms with Crippen LogP contribution in [-0.2, 0) is 11.8 Å². The van der Waals surface area contributed by atoms with E-state index in [1.165, 1.54) is 6.08 Å². The normalized spacial score (nSPS) is 12.1. The fraction of sp³-hybridized carbons (Fsp3) is 0.625. The molecular formula is C16H26ClN3O. The molecule has 0 aliphatic rings. The van der Waals surface area contributed by atoms with E-state index < -0.39 is 0 Å². The third-order valence-electron chi connectivity index (χ3n) is 3.82. The van der Waals surface area contributed by atoms with E-state index in [0.717, 1.165) is 11.3 Å². The first-order valence-electron chi connectivity index (χ1n) is 7.39. The zero-order valence-corrected chi connectivity index (χ0v) is 14.5. The smallest absolute Gasteiger partial charge is 0.244 e. The molecule has 0 aromatic carbocycles. The fourth-order valence-electron chi connectivity index (χ4n) is 2.51. The Hall–Kier alpha value is -1.29. The van der Waals surface area contributed by atoms with Crippen LogP contribution in [0.3, 0.4) is 0 Å². The van der Waals surface area contributed by atoms with Crippen molar-refractivity contribution in [2.75, 3.05) is 6.54 Å². The summed E-state index contributed by atoms with van der Waals surface area (Å²) in [7, 11) is 1.78. The molecule has 21 heavy (non-hydrogen) atoms. The quantitative estimate of drug-likeness (QED) is 0.818. The van der Waals surface area contributed by atoms with Crippen molar-refractivity contribution in [1.29, 1.82) is 0 Å². The molecule has 0 saturated heterocycles. The van der Waals surface area contributed by atoms with Gasteiger partial charge in [-0.3, -0.25) is 9.48 Å². The summed E-state index contributed by atoms with van der Waals surface area (Å²) in [4.78, 5) is 11.9. The molecule has 1 aromatic rings. The van der Waals surface area contributed by atoms with Crippen molar-refractivity contribution in [1.82, 2.24) is 15.1 Å². The molecule has 5 heteroatoms. The number of nitrogens with one attached hydrogen (secondary N) is 1. The number of nitrogens with zero attached hydrogens (tertiary/aromatic N) is 2. The van der Waals surface area contributed by atoms with E-state index in [0.29, 0.717) is 29.5 Å². The van der Waals surface area contributed by atoms with Gasteiger partial charge in [0.1, 0.15) is 5.15 Å². The van der Waals surface area contributed by atoms with Crippen LogP contribution in [0.15, 0.2) is 6.08 Å². The number of carbonyl (C=O) groups is 1. The summed E-state index contributed by atoms with van der Waals surface area (Å²) >= 11 is 6.13. The SMILES string of the molecule is Cc1nn(C)c(Cl)c1/C=C/C(=O)NCC(C(C)C)C(C)C. The van der Waals surface area contributed by atoms with Gasteiger partial charge in [0.25, 0.3) is 0 Å². The number of aromatic nitrogens is 2. The Morgan fingerprint density at radius 3 is 2.33 bits per heavy atom. The average molecular weight is 312 g/mol. The second-order valence-corrected chi connectivity index (χ2v) is 6.50. The molecule has 118 valence electrons. The van der Waals surface area contributed by atoms with E-state index in [4.69, 9.17) is 11.6 Å². The van der Waals surface area contributed by atoms with Gasteiger partial charge in [-0.25, -0.2) is 0 Å². The minimum absolute atomic E-state index is 0.0966. The summed E-state index contributed by atoms with van der Waals surface area (Å²) in [6.45, 7) is 11.3. The van der Waals surface area contributed by atoms with Gasteiger partial charge in [0.05, 0.1) is 5.69 Å². The number of rotatable bonds is 6. The molecule has 0 aliphatic heterocycles. The highest BCUT2D eigenvalue weighted by atomic mass is 35.5. The maximum Gasteiger partial charge on any atom is 0.244 e. The Bertz CT molecular complexity index is 510. The lowest BCUT2D eigenvalue weighted by atomic mass is 9.85. The molecule has 0 fully saturated rings. The van der Waals surface area contributed by atoms with Gasteiger partial charge < -0.3 is 5.32 Å². The number of carbonyl (C=O) groups excluding carboxylic acids is 1. The summed E-state index contributed by atoms with van der Waals surface area (Å²) in [5, 5.41) is 7.72. The zero-order chi connectivity index (χ0) is 16.2. The van der Waals surface area contributed by atoms with Gasteiger partial charge >= 0.3 is 0 Å². The second kappa shape index (κ2) is 7.64. The summed E-state index contributed by atoms with van der Waals surface area (Å²) in [5.41, 5.74) is 1.60. The molecule has 1 rings (SSSR count). The van der Waals surface area contributed by atoms with Gasteiger partial charge in [-0.15, -0.1) is 0 Å². The van der Waals surface area contributed by atoms with E-state index in [-0.39, 0.29) is 5.91 Å². The number of halogens is 1. The summed E-state index contributed by atoms with van der Waals surface area (Å²) in [6, 6.07) is 0. The van der Waals surface area contributed by atoms with Crippen molar-refractivity contribution in [2.45, 2.75) is 34.6 Å². The molecule has 0 radical (unpaired) electrons. The minimum Gasteiger partial charge on any atom is -0.352 e. The molecule has 0 aliphatic carbocycles. The maximum absolute atomic E-state index is 11.9. The van der Waals surface area contributed by atoms with Crippen LogP contribution in [0.25, 0.3) is 6.08 Å². The van der Waals surface area contributed by atoms with Crippen LogP contribution in [0.1, 0.15) is 39.0 Å². The molecule has 0 unspecified atom stereocenters. The summed E-state index contributed by atoms with van der Waals surface area (Å²) in [6.07, 6.45) is 3.24. The Labute approximate surface area is 132 Å². The fourth-order valence-corrected chi connectivity index (χ4v) is 2.75. The highest BCUT2D eigenvalue weighted by molar-refractivity contribution is 6.31. The lowest BCUT2D eigenvalue weighted by Gasteiger charge is -2.24. The minimum atomic E-state index is -0.0966. The third-order valence-corrected chi connectivity index (χ3v) is 4.27. The molecule has 4 nitrogen and oxygen atoms in total. The van der Waals surface area contributed by atoms with Crippen molar-refractivity contribution < 1.29 is 4.79 Å². The molecule has 0 bridgehead atoms. The van der Waals surface area contributed by atoms with Crippen LogP contribution in [0.2, 0.25) is 5.15 Å². The maximum atomic E-state index is 11.9. The molecule has 1 aromatic heterocycles. The van der Waals surface area contributed by atoms with Crippen LogP contribution in [0.5, 0.6) is 0 Å². The molecule has 0 atom stereocenters. The van der Waals surface area contributed by atoms with E-state index in [2.05, 4.69) is 38.1 Å². The number of hydrogen-bond donors (Lipinski definition) is 1. The van der Waals surface area contributed by atoms with Crippen molar-refractivity contribution in [3.05, 3.63) is 22.5 Å². The van der Waals surface area contributed by atoms with Crippen molar-refractivity contribution >= 4 is 23.6 Å². The molecule has 0 spiro atoms. The molecular weight excluding hydrogens is 286 g/mol. The summed E-state index contributed by atoms with van der Waals surface area (Å²) < 4.78 is 1.60. The van der Waals surface area contributed by atoms with Crippen LogP contribution >= 0.6 is 11.6 Å². The van der Waals surface area contributed by atoms with Gasteiger partial charge in [0.15, 0.2) is 0 Å². The lowest BCUT2D eigenvalue weighted by molar-refractivity contribution is -0.116.